The average Bonchev–Trinajstić information content (AvgIpc) is 2.98. The Morgan fingerprint density at radius 2 is 1.78 bits per heavy atom. The zero-order chi connectivity index (χ0) is 16.1. The van der Waals surface area contributed by atoms with E-state index in [4.69, 9.17) is 10.5 Å². The Labute approximate surface area is 133 Å². The van der Waals surface area contributed by atoms with Gasteiger partial charge in [-0.1, -0.05) is 35.5 Å². The molecule has 0 fully saturated rings. The van der Waals surface area contributed by atoms with Crippen LogP contribution < -0.4 is 10.5 Å². The molecule has 2 N–H and O–H groups in total. The molecule has 0 radical (unpaired) electrons. The van der Waals surface area contributed by atoms with E-state index >= 15 is 0 Å². The molecule has 0 saturated heterocycles. The molecule has 1 heterocycles. The van der Waals surface area contributed by atoms with Crippen molar-refractivity contribution in [3.8, 4) is 5.75 Å². The van der Waals surface area contributed by atoms with Crippen LogP contribution in [0.5, 0.6) is 5.75 Å². The number of hydrogen-bond acceptors (Lipinski definition) is 4. The highest BCUT2D eigenvalue weighted by atomic mass is 19.1. The normalized spacial score (nSPS) is 10.7. The fraction of sp³-hybridized carbons (Fsp3) is 0.176. The molecule has 0 amide bonds. The van der Waals surface area contributed by atoms with Gasteiger partial charge in [0.1, 0.15) is 29.6 Å². The van der Waals surface area contributed by atoms with Gasteiger partial charge in [0.15, 0.2) is 0 Å². The van der Waals surface area contributed by atoms with Gasteiger partial charge < -0.3 is 10.5 Å². The van der Waals surface area contributed by atoms with Crippen molar-refractivity contribution in [1.82, 2.24) is 15.0 Å². The van der Waals surface area contributed by atoms with E-state index in [0.29, 0.717) is 18.8 Å². The summed E-state index contributed by atoms with van der Waals surface area (Å²) in [7, 11) is 0. The number of hydrogen-bond donors (Lipinski definition) is 1. The highest BCUT2D eigenvalue weighted by Gasteiger charge is 2.13. The first-order chi connectivity index (χ1) is 11.3. The minimum atomic E-state index is -0.261. The van der Waals surface area contributed by atoms with Crippen molar-refractivity contribution in [1.29, 1.82) is 0 Å². The topological polar surface area (TPSA) is 66.0 Å². The van der Waals surface area contributed by atoms with Crippen molar-refractivity contribution in [2.75, 3.05) is 0 Å². The molecule has 118 valence electrons. The second-order valence-corrected chi connectivity index (χ2v) is 5.07. The summed E-state index contributed by atoms with van der Waals surface area (Å²) in [5, 5.41) is 8.22. The van der Waals surface area contributed by atoms with Crippen LogP contribution in [0.3, 0.4) is 0 Å². The van der Waals surface area contributed by atoms with E-state index in [1.54, 1.807) is 16.8 Å². The summed E-state index contributed by atoms with van der Waals surface area (Å²) in [6.07, 6.45) is 0. The zero-order valence-corrected chi connectivity index (χ0v) is 12.5. The van der Waals surface area contributed by atoms with Gasteiger partial charge in [-0.2, -0.15) is 0 Å². The minimum absolute atomic E-state index is 0.261. The Kier molecular flexibility index (Phi) is 4.63. The van der Waals surface area contributed by atoms with E-state index < -0.39 is 0 Å². The first-order valence-electron chi connectivity index (χ1n) is 7.30. The van der Waals surface area contributed by atoms with E-state index in [1.807, 2.05) is 30.3 Å². The molecule has 5 nitrogen and oxygen atoms in total. The third-order valence-electron chi connectivity index (χ3n) is 3.48. The van der Waals surface area contributed by atoms with Gasteiger partial charge in [-0.15, -0.1) is 5.10 Å². The van der Waals surface area contributed by atoms with Crippen molar-refractivity contribution >= 4 is 0 Å². The summed E-state index contributed by atoms with van der Waals surface area (Å²) in [6, 6.07) is 15.8. The predicted molar refractivity (Wildman–Crippen MR) is 84.2 cm³/mol. The van der Waals surface area contributed by atoms with E-state index in [-0.39, 0.29) is 12.4 Å². The fourth-order valence-corrected chi connectivity index (χ4v) is 2.24. The van der Waals surface area contributed by atoms with Crippen molar-refractivity contribution in [2.45, 2.75) is 19.7 Å². The first-order valence-corrected chi connectivity index (χ1v) is 7.30. The zero-order valence-electron chi connectivity index (χ0n) is 12.5. The number of halogens is 1. The molecule has 0 aliphatic heterocycles. The highest BCUT2D eigenvalue weighted by molar-refractivity contribution is 5.22. The minimum Gasteiger partial charge on any atom is -0.487 e. The molecule has 3 aromatic rings. The van der Waals surface area contributed by atoms with Crippen LogP contribution in [0.15, 0.2) is 54.6 Å². The van der Waals surface area contributed by atoms with E-state index in [0.717, 1.165) is 17.0 Å². The maximum Gasteiger partial charge on any atom is 0.132 e. The number of nitrogens with zero attached hydrogens (tertiary/aromatic N) is 3. The van der Waals surface area contributed by atoms with Crippen molar-refractivity contribution < 1.29 is 9.13 Å². The van der Waals surface area contributed by atoms with Crippen LogP contribution in [0, 0.1) is 5.82 Å². The summed E-state index contributed by atoms with van der Waals surface area (Å²) < 4.78 is 20.5. The molecule has 0 aliphatic rings. The Hall–Kier alpha value is -2.73. The lowest BCUT2D eigenvalue weighted by Crippen LogP contribution is -2.11. The molecule has 2 aromatic carbocycles. The molecule has 0 aliphatic carbocycles. The predicted octanol–water partition coefficient (Wildman–Crippen LogP) is 2.50. The quantitative estimate of drug-likeness (QED) is 0.759. The standard InChI is InChI=1S/C17H17FN4O/c18-14-8-6-13(7-9-14)11-22-17(16(10-19)20-21-22)12-23-15-4-2-1-3-5-15/h1-9H,10-12,19H2. The smallest absolute Gasteiger partial charge is 0.132 e. The molecule has 0 spiro atoms. The molecule has 1 aromatic heterocycles. The molecule has 0 atom stereocenters. The van der Waals surface area contributed by atoms with Crippen LogP contribution in [0.2, 0.25) is 0 Å². The average molecular weight is 312 g/mol. The fourth-order valence-electron chi connectivity index (χ4n) is 2.24. The van der Waals surface area contributed by atoms with Crippen LogP contribution in [0.4, 0.5) is 4.39 Å². The molecule has 0 unspecified atom stereocenters. The summed E-state index contributed by atoms with van der Waals surface area (Å²) in [5.74, 6) is 0.507. The van der Waals surface area contributed by atoms with E-state index in [2.05, 4.69) is 10.3 Å². The Morgan fingerprint density at radius 3 is 2.48 bits per heavy atom. The third-order valence-corrected chi connectivity index (χ3v) is 3.48. The lowest BCUT2D eigenvalue weighted by atomic mass is 10.2. The summed E-state index contributed by atoms with van der Waals surface area (Å²) in [4.78, 5) is 0. The third kappa shape index (κ3) is 3.73. The number of benzene rings is 2. The SMILES string of the molecule is NCc1nnn(Cc2ccc(F)cc2)c1COc1ccccc1. The van der Waals surface area contributed by atoms with Gasteiger partial charge in [0.2, 0.25) is 0 Å². The molecule has 6 heteroatoms. The molecule has 3 rings (SSSR count). The lowest BCUT2D eigenvalue weighted by molar-refractivity contribution is 0.292. The molecule has 0 bridgehead atoms. The summed E-state index contributed by atoms with van der Waals surface area (Å²) >= 11 is 0. The van der Waals surface area contributed by atoms with Crippen LogP contribution in [0.25, 0.3) is 0 Å². The van der Waals surface area contributed by atoms with Gasteiger partial charge >= 0.3 is 0 Å². The number of ether oxygens (including phenoxy) is 1. The Morgan fingerprint density at radius 1 is 1.04 bits per heavy atom. The molecule has 0 saturated carbocycles. The van der Waals surface area contributed by atoms with Gasteiger partial charge in [0.25, 0.3) is 0 Å². The summed E-state index contributed by atoms with van der Waals surface area (Å²) in [6.45, 7) is 1.10. The lowest BCUT2D eigenvalue weighted by Gasteiger charge is -2.10. The largest absolute Gasteiger partial charge is 0.487 e. The van der Waals surface area contributed by atoms with Crippen molar-refractivity contribution in [2.24, 2.45) is 5.73 Å². The Balaban J connectivity index is 1.78. The van der Waals surface area contributed by atoms with E-state index in [1.165, 1.54) is 12.1 Å². The number of aromatic nitrogens is 3. The van der Waals surface area contributed by atoms with Crippen LogP contribution in [0.1, 0.15) is 17.0 Å². The van der Waals surface area contributed by atoms with Gasteiger partial charge in [0.05, 0.1) is 6.54 Å². The maximum atomic E-state index is 13.0. The van der Waals surface area contributed by atoms with Gasteiger partial charge in [-0.3, -0.25) is 0 Å². The Bertz CT molecular complexity index is 756. The second-order valence-electron chi connectivity index (χ2n) is 5.07. The second kappa shape index (κ2) is 7.02. The summed E-state index contributed by atoms with van der Waals surface area (Å²) in [5.41, 5.74) is 8.17. The van der Waals surface area contributed by atoms with Crippen LogP contribution in [-0.4, -0.2) is 15.0 Å². The van der Waals surface area contributed by atoms with Crippen LogP contribution in [-0.2, 0) is 19.7 Å². The molecular weight excluding hydrogens is 295 g/mol. The molecular formula is C17H17FN4O. The highest BCUT2D eigenvalue weighted by Crippen LogP contribution is 2.14. The van der Waals surface area contributed by atoms with Gasteiger partial charge in [0, 0.05) is 6.54 Å². The first kappa shape index (κ1) is 15.2. The van der Waals surface area contributed by atoms with Gasteiger partial charge in [-0.25, -0.2) is 9.07 Å². The molecule has 23 heavy (non-hydrogen) atoms. The van der Waals surface area contributed by atoms with E-state index in [9.17, 15) is 4.39 Å². The maximum absolute atomic E-state index is 13.0. The monoisotopic (exact) mass is 312 g/mol. The van der Waals surface area contributed by atoms with Crippen LogP contribution >= 0.6 is 0 Å². The van der Waals surface area contributed by atoms with Gasteiger partial charge in [-0.05, 0) is 29.8 Å². The number of rotatable bonds is 6. The van der Waals surface area contributed by atoms with Crippen molar-refractivity contribution in [3.63, 3.8) is 0 Å². The number of para-hydroxylation sites is 1. The number of nitrogens with two attached hydrogens (primary N) is 1. The van der Waals surface area contributed by atoms with Crippen molar-refractivity contribution in [3.05, 3.63) is 77.4 Å².